The van der Waals surface area contributed by atoms with Gasteiger partial charge in [0.1, 0.15) is 5.82 Å². The van der Waals surface area contributed by atoms with E-state index in [-0.39, 0.29) is 22.9 Å². The lowest BCUT2D eigenvalue weighted by atomic mass is 10.2. The van der Waals surface area contributed by atoms with Crippen molar-refractivity contribution in [1.29, 1.82) is 0 Å². The van der Waals surface area contributed by atoms with E-state index in [0.717, 1.165) is 24.3 Å². The molecule has 0 heterocycles. The van der Waals surface area contributed by atoms with Crippen LogP contribution in [0, 0.1) is 5.82 Å². The molecule has 0 aliphatic rings. The van der Waals surface area contributed by atoms with Crippen molar-refractivity contribution >= 4 is 28.9 Å². The summed E-state index contributed by atoms with van der Waals surface area (Å²) in [5.74, 6) is -1.07. The van der Waals surface area contributed by atoms with Gasteiger partial charge in [-0.15, -0.1) is 0 Å². The molecule has 122 valence electrons. The number of benzene rings is 2. The minimum absolute atomic E-state index is 0.0177. The van der Waals surface area contributed by atoms with Gasteiger partial charge in [0.15, 0.2) is 0 Å². The number of carbonyl (C=O) groups excluding carboxylic acids is 1. The number of hydrogen-bond acceptors (Lipinski definition) is 2. The Kier molecular flexibility index (Phi) is 5.10. The summed E-state index contributed by atoms with van der Waals surface area (Å²) in [6.07, 6.45) is -4.51. The highest BCUT2D eigenvalue weighted by molar-refractivity contribution is 6.33. The van der Waals surface area contributed by atoms with E-state index in [2.05, 4.69) is 10.6 Å². The monoisotopic (exact) mass is 346 g/mol. The van der Waals surface area contributed by atoms with Crippen LogP contribution < -0.4 is 10.6 Å². The summed E-state index contributed by atoms with van der Waals surface area (Å²) in [5, 5.41) is 4.99. The van der Waals surface area contributed by atoms with Crippen LogP contribution in [0.25, 0.3) is 0 Å². The lowest BCUT2D eigenvalue weighted by Gasteiger charge is -2.12. The molecule has 2 aromatic rings. The van der Waals surface area contributed by atoms with Crippen molar-refractivity contribution in [2.24, 2.45) is 0 Å². The van der Waals surface area contributed by atoms with E-state index in [1.54, 1.807) is 0 Å². The van der Waals surface area contributed by atoms with Gasteiger partial charge in [0.05, 0.1) is 22.8 Å². The van der Waals surface area contributed by atoms with Crippen LogP contribution in [0.3, 0.4) is 0 Å². The molecule has 8 heteroatoms. The molecule has 0 atom stereocenters. The molecule has 0 bridgehead atoms. The fourth-order valence-electron chi connectivity index (χ4n) is 1.78. The number of anilines is 2. The first kappa shape index (κ1) is 17.1. The van der Waals surface area contributed by atoms with Crippen LogP contribution in [0.15, 0.2) is 42.5 Å². The Labute approximate surface area is 134 Å². The average Bonchev–Trinajstić information content (AvgIpc) is 2.45. The molecule has 2 N–H and O–H groups in total. The first-order valence-corrected chi connectivity index (χ1v) is 6.79. The highest BCUT2D eigenvalue weighted by Crippen LogP contribution is 2.33. The Balaban J connectivity index is 2.01. The van der Waals surface area contributed by atoms with Gasteiger partial charge in [-0.3, -0.25) is 4.79 Å². The molecule has 0 aliphatic carbocycles. The number of alkyl halides is 3. The summed E-state index contributed by atoms with van der Waals surface area (Å²) in [4.78, 5) is 11.7. The van der Waals surface area contributed by atoms with Crippen molar-refractivity contribution in [3.63, 3.8) is 0 Å². The molecular formula is C15H11ClF4N2O. The Morgan fingerprint density at radius 1 is 1.13 bits per heavy atom. The van der Waals surface area contributed by atoms with Crippen LogP contribution in [0.4, 0.5) is 28.9 Å². The molecule has 0 unspecified atom stereocenters. The molecule has 0 aromatic heterocycles. The number of amides is 1. The van der Waals surface area contributed by atoms with Gasteiger partial charge < -0.3 is 10.6 Å². The van der Waals surface area contributed by atoms with Crippen LogP contribution in [0.5, 0.6) is 0 Å². The third kappa shape index (κ3) is 4.85. The van der Waals surface area contributed by atoms with Gasteiger partial charge in [0.2, 0.25) is 5.91 Å². The van der Waals surface area contributed by atoms with Gasteiger partial charge in [-0.1, -0.05) is 17.7 Å². The highest BCUT2D eigenvalue weighted by atomic mass is 35.5. The van der Waals surface area contributed by atoms with Crippen LogP contribution >= 0.6 is 11.6 Å². The highest BCUT2D eigenvalue weighted by Gasteiger charge is 2.30. The molecule has 2 aromatic carbocycles. The Morgan fingerprint density at radius 3 is 2.52 bits per heavy atom. The van der Waals surface area contributed by atoms with E-state index in [4.69, 9.17) is 11.6 Å². The fraction of sp³-hybridized carbons (Fsp3) is 0.133. The molecular weight excluding hydrogens is 336 g/mol. The fourth-order valence-corrected chi connectivity index (χ4v) is 1.97. The van der Waals surface area contributed by atoms with Gasteiger partial charge in [0.25, 0.3) is 0 Å². The number of halogens is 5. The molecule has 0 saturated carbocycles. The van der Waals surface area contributed by atoms with E-state index >= 15 is 0 Å². The zero-order chi connectivity index (χ0) is 17.0. The van der Waals surface area contributed by atoms with Gasteiger partial charge in [0, 0.05) is 5.69 Å². The van der Waals surface area contributed by atoms with Crippen LogP contribution in [0.2, 0.25) is 5.02 Å². The lowest BCUT2D eigenvalue weighted by molar-refractivity contribution is -0.137. The smallest absolute Gasteiger partial charge is 0.375 e. The van der Waals surface area contributed by atoms with Gasteiger partial charge in [-0.25, -0.2) is 4.39 Å². The normalized spacial score (nSPS) is 11.2. The molecule has 0 radical (unpaired) electrons. The first-order valence-electron chi connectivity index (χ1n) is 6.42. The molecule has 23 heavy (non-hydrogen) atoms. The van der Waals surface area contributed by atoms with Gasteiger partial charge in [-0.2, -0.15) is 13.2 Å². The van der Waals surface area contributed by atoms with Crippen molar-refractivity contribution in [2.45, 2.75) is 6.18 Å². The maximum atomic E-state index is 13.0. The predicted octanol–water partition coefficient (Wildman–Crippen LogP) is 4.55. The predicted molar refractivity (Wildman–Crippen MR) is 80.0 cm³/mol. The summed E-state index contributed by atoms with van der Waals surface area (Å²) in [5.41, 5.74) is -0.655. The number of carbonyl (C=O) groups is 1. The van der Waals surface area contributed by atoms with Crippen molar-refractivity contribution in [3.8, 4) is 0 Å². The summed E-state index contributed by atoms with van der Waals surface area (Å²) in [7, 11) is 0. The van der Waals surface area contributed by atoms with Crippen molar-refractivity contribution in [1.82, 2.24) is 0 Å². The zero-order valence-corrected chi connectivity index (χ0v) is 12.3. The second kappa shape index (κ2) is 6.87. The maximum Gasteiger partial charge on any atom is 0.416 e. The second-order valence-corrected chi connectivity index (χ2v) is 5.01. The Morgan fingerprint density at radius 2 is 1.87 bits per heavy atom. The van der Waals surface area contributed by atoms with E-state index in [0.29, 0.717) is 0 Å². The second-order valence-electron chi connectivity index (χ2n) is 4.60. The quantitative estimate of drug-likeness (QED) is 0.797. The third-order valence-corrected chi connectivity index (χ3v) is 3.17. The maximum absolute atomic E-state index is 13.0. The lowest BCUT2D eigenvalue weighted by Crippen LogP contribution is -2.22. The van der Waals surface area contributed by atoms with Gasteiger partial charge >= 0.3 is 6.18 Å². The summed E-state index contributed by atoms with van der Waals surface area (Å²) < 4.78 is 50.9. The van der Waals surface area contributed by atoms with Crippen molar-refractivity contribution in [3.05, 3.63) is 58.9 Å². The van der Waals surface area contributed by atoms with Crippen LogP contribution in [-0.4, -0.2) is 12.5 Å². The minimum atomic E-state index is -4.51. The number of nitrogens with one attached hydrogen (secondary N) is 2. The molecule has 1 amide bonds. The van der Waals surface area contributed by atoms with Gasteiger partial charge in [-0.05, 0) is 36.4 Å². The van der Waals surface area contributed by atoms with E-state index in [9.17, 15) is 22.4 Å². The molecule has 3 nitrogen and oxygen atoms in total. The summed E-state index contributed by atoms with van der Waals surface area (Å²) in [6.45, 7) is -0.322. The van der Waals surface area contributed by atoms with Crippen molar-refractivity contribution < 1.29 is 22.4 Å². The Hall–Kier alpha value is -2.28. The molecule has 0 spiro atoms. The molecule has 2 rings (SSSR count). The van der Waals surface area contributed by atoms with E-state index in [1.807, 2.05) is 0 Å². The topological polar surface area (TPSA) is 41.1 Å². The third-order valence-electron chi connectivity index (χ3n) is 2.84. The number of rotatable bonds is 4. The first-order chi connectivity index (χ1) is 10.8. The standard InChI is InChI=1S/C15H11ClF4N2O/c16-12-5-4-9(15(18,19)20)6-13(12)21-8-14(23)22-11-3-1-2-10(17)7-11/h1-7,21H,8H2,(H,22,23). The number of hydrogen-bond donors (Lipinski definition) is 2. The molecule has 0 aliphatic heterocycles. The van der Waals surface area contributed by atoms with Crippen LogP contribution in [-0.2, 0) is 11.0 Å². The summed E-state index contributed by atoms with van der Waals surface area (Å²) in [6, 6.07) is 8.00. The van der Waals surface area contributed by atoms with Crippen molar-refractivity contribution in [2.75, 3.05) is 17.2 Å². The molecule has 0 saturated heterocycles. The van der Waals surface area contributed by atoms with E-state index in [1.165, 1.54) is 18.2 Å². The van der Waals surface area contributed by atoms with E-state index < -0.39 is 23.5 Å². The summed E-state index contributed by atoms with van der Waals surface area (Å²) >= 11 is 5.80. The zero-order valence-electron chi connectivity index (χ0n) is 11.5. The Bertz CT molecular complexity index is 719. The SMILES string of the molecule is O=C(CNc1cc(C(F)(F)F)ccc1Cl)Nc1cccc(F)c1. The average molecular weight is 347 g/mol. The largest absolute Gasteiger partial charge is 0.416 e. The molecule has 0 fully saturated rings. The van der Waals surface area contributed by atoms with Crippen LogP contribution in [0.1, 0.15) is 5.56 Å². The minimum Gasteiger partial charge on any atom is -0.375 e.